The predicted octanol–water partition coefficient (Wildman–Crippen LogP) is 4.98. The monoisotopic (exact) mass is 377 g/mol. The van der Waals surface area contributed by atoms with Gasteiger partial charge in [0.05, 0.1) is 30.1 Å². The molecule has 3 aromatic rings. The van der Waals surface area contributed by atoms with Gasteiger partial charge in [-0.15, -0.1) is 11.3 Å². The van der Waals surface area contributed by atoms with Crippen molar-refractivity contribution in [3.8, 4) is 17.0 Å². The van der Waals surface area contributed by atoms with E-state index in [0.717, 1.165) is 16.9 Å². The lowest BCUT2D eigenvalue weighted by Gasteiger charge is -2.21. The first-order valence-corrected chi connectivity index (χ1v) is 9.58. The minimum absolute atomic E-state index is 0.153. The van der Waals surface area contributed by atoms with E-state index >= 15 is 0 Å². The molecule has 0 unspecified atom stereocenters. The van der Waals surface area contributed by atoms with Crippen LogP contribution in [0.3, 0.4) is 0 Å². The summed E-state index contributed by atoms with van der Waals surface area (Å²) in [4.78, 5) is 6.40. The van der Waals surface area contributed by atoms with Gasteiger partial charge in [0, 0.05) is 10.9 Å². The molecule has 2 aromatic carbocycles. The first-order chi connectivity index (χ1) is 13.2. The van der Waals surface area contributed by atoms with Crippen LogP contribution in [0.25, 0.3) is 16.8 Å². The highest BCUT2D eigenvalue weighted by atomic mass is 32.1. The van der Waals surface area contributed by atoms with E-state index < -0.39 is 0 Å². The molecule has 0 bridgehead atoms. The van der Waals surface area contributed by atoms with Crippen LogP contribution in [0.5, 0.6) is 5.75 Å². The molecular formula is C21H19N3O2S. The summed E-state index contributed by atoms with van der Waals surface area (Å²) in [5, 5.41) is 21.8. The zero-order chi connectivity index (χ0) is 18.8. The van der Waals surface area contributed by atoms with E-state index in [1.807, 2.05) is 66.9 Å². The van der Waals surface area contributed by atoms with Crippen LogP contribution in [0.2, 0.25) is 0 Å². The van der Waals surface area contributed by atoms with Crippen LogP contribution in [-0.2, 0) is 0 Å². The molecule has 1 aliphatic rings. The predicted molar refractivity (Wildman–Crippen MR) is 110 cm³/mol. The number of aromatic nitrogens is 1. The molecule has 0 saturated carbocycles. The van der Waals surface area contributed by atoms with Crippen LogP contribution >= 0.6 is 11.3 Å². The summed E-state index contributed by atoms with van der Waals surface area (Å²) in [6.45, 7) is 2.70. The average Bonchev–Trinajstić information content (AvgIpc) is 3.28. The molecule has 4 rings (SSSR count). The summed E-state index contributed by atoms with van der Waals surface area (Å²) in [5.74, 6) is 1.08. The minimum atomic E-state index is 0.153. The molecule has 27 heavy (non-hydrogen) atoms. The van der Waals surface area contributed by atoms with Crippen molar-refractivity contribution in [2.45, 2.75) is 6.92 Å². The Balaban J connectivity index is 1.65. The summed E-state index contributed by atoms with van der Waals surface area (Å²) >= 11 is 1.43. The maximum absolute atomic E-state index is 10.6. The fourth-order valence-corrected chi connectivity index (χ4v) is 3.99. The molecule has 0 spiro atoms. The molecule has 0 fully saturated rings. The summed E-state index contributed by atoms with van der Waals surface area (Å²) in [7, 11) is 0. The van der Waals surface area contributed by atoms with Crippen LogP contribution in [0, 0.1) is 5.41 Å². The van der Waals surface area contributed by atoms with Crippen molar-refractivity contribution >= 4 is 28.4 Å². The summed E-state index contributed by atoms with van der Waals surface area (Å²) in [6.07, 6.45) is 0. The lowest BCUT2D eigenvalue weighted by molar-refractivity contribution is 0.341. The number of anilines is 1. The molecule has 1 aromatic heterocycles. The number of benzene rings is 2. The summed E-state index contributed by atoms with van der Waals surface area (Å²) in [5.41, 5.74) is 3.11. The van der Waals surface area contributed by atoms with Crippen molar-refractivity contribution in [2.24, 2.45) is 0 Å². The zero-order valence-electron chi connectivity index (χ0n) is 14.8. The molecule has 0 radical (unpaired) electrons. The van der Waals surface area contributed by atoms with E-state index in [9.17, 15) is 5.11 Å². The third-order valence-corrected chi connectivity index (χ3v) is 5.21. The number of aliphatic hydroxyl groups excluding tert-OH is 1. The Morgan fingerprint density at radius 3 is 2.67 bits per heavy atom. The first-order valence-electron chi connectivity index (χ1n) is 8.70. The molecule has 6 heteroatoms. The number of thiazole rings is 1. The van der Waals surface area contributed by atoms with Crippen LogP contribution < -0.4 is 9.64 Å². The van der Waals surface area contributed by atoms with Gasteiger partial charge in [-0.1, -0.05) is 42.5 Å². The number of hydrogen-bond donors (Lipinski definition) is 2. The molecule has 0 atom stereocenters. The van der Waals surface area contributed by atoms with Gasteiger partial charge in [0.2, 0.25) is 0 Å². The molecular weight excluding hydrogens is 358 g/mol. The van der Waals surface area contributed by atoms with Gasteiger partial charge in [0.25, 0.3) is 0 Å². The number of hydrogen-bond acceptors (Lipinski definition) is 5. The van der Waals surface area contributed by atoms with E-state index in [2.05, 4.69) is 4.98 Å². The number of nitrogens with zero attached hydrogens (tertiary/aromatic N) is 2. The number of rotatable bonds is 5. The zero-order valence-corrected chi connectivity index (χ0v) is 15.7. The van der Waals surface area contributed by atoms with Gasteiger partial charge in [-0.05, 0) is 19.1 Å². The van der Waals surface area contributed by atoms with Gasteiger partial charge >= 0.3 is 0 Å². The van der Waals surface area contributed by atoms with Gasteiger partial charge in [-0.3, -0.25) is 5.41 Å². The van der Waals surface area contributed by atoms with Crippen molar-refractivity contribution < 1.29 is 9.84 Å². The SMILES string of the molecule is CCOc1ccccc1N1CC(O)=C(c2nc(-c3ccccc3)cs2)C1=N. The largest absolute Gasteiger partial charge is 0.510 e. The quantitative estimate of drug-likeness (QED) is 0.658. The Bertz CT molecular complexity index is 1010. The summed E-state index contributed by atoms with van der Waals surface area (Å²) < 4.78 is 5.68. The third-order valence-electron chi connectivity index (χ3n) is 4.35. The Kier molecular flexibility index (Phi) is 4.64. The Hall–Kier alpha value is -3.12. The molecule has 2 N–H and O–H groups in total. The smallest absolute Gasteiger partial charge is 0.142 e. The third kappa shape index (κ3) is 3.19. The first kappa shape index (κ1) is 17.3. The van der Waals surface area contributed by atoms with Crippen LogP contribution in [-0.4, -0.2) is 29.1 Å². The number of para-hydroxylation sites is 2. The standard InChI is InChI=1S/C21H19N3O2S/c1-2-26-18-11-7-6-10-16(18)24-12-17(25)19(20(24)22)21-23-15(13-27-21)14-8-4-3-5-9-14/h3-11,13,22,25H,2,12H2,1H3. The van der Waals surface area contributed by atoms with Gasteiger partial charge in [0.1, 0.15) is 22.4 Å². The van der Waals surface area contributed by atoms with E-state index in [4.69, 9.17) is 10.1 Å². The number of nitrogens with one attached hydrogen (secondary N) is 1. The second-order valence-corrected chi connectivity index (χ2v) is 6.92. The highest BCUT2D eigenvalue weighted by Gasteiger charge is 2.32. The van der Waals surface area contributed by atoms with E-state index in [1.165, 1.54) is 11.3 Å². The molecule has 1 aliphatic heterocycles. The molecule has 5 nitrogen and oxygen atoms in total. The lowest BCUT2D eigenvalue weighted by atomic mass is 10.2. The number of ether oxygens (including phenoxy) is 1. The maximum Gasteiger partial charge on any atom is 0.142 e. The van der Waals surface area contributed by atoms with Gasteiger partial charge in [-0.25, -0.2) is 4.98 Å². The van der Waals surface area contributed by atoms with E-state index in [1.54, 1.807) is 4.90 Å². The topological polar surface area (TPSA) is 69.4 Å². The second kappa shape index (κ2) is 7.25. The fourth-order valence-electron chi connectivity index (χ4n) is 3.10. The van der Waals surface area contributed by atoms with Crippen LogP contribution in [0.15, 0.2) is 65.7 Å². The maximum atomic E-state index is 10.6. The summed E-state index contributed by atoms with van der Waals surface area (Å²) in [6, 6.07) is 17.5. The molecule has 136 valence electrons. The highest BCUT2D eigenvalue weighted by Crippen LogP contribution is 2.37. The second-order valence-electron chi connectivity index (χ2n) is 6.06. The normalized spacial score (nSPS) is 14.1. The van der Waals surface area contributed by atoms with Gasteiger partial charge in [-0.2, -0.15) is 0 Å². The van der Waals surface area contributed by atoms with Crippen molar-refractivity contribution in [3.05, 3.63) is 70.7 Å². The van der Waals surface area contributed by atoms with Crippen molar-refractivity contribution in [1.82, 2.24) is 4.98 Å². The van der Waals surface area contributed by atoms with Crippen LogP contribution in [0.1, 0.15) is 11.9 Å². The Labute approximate surface area is 161 Å². The molecule has 2 heterocycles. The lowest BCUT2D eigenvalue weighted by Crippen LogP contribution is -2.26. The van der Waals surface area contributed by atoms with Crippen molar-refractivity contribution in [2.75, 3.05) is 18.1 Å². The van der Waals surface area contributed by atoms with E-state index in [0.29, 0.717) is 22.9 Å². The molecule has 0 saturated heterocycles. The Morgan fingerprint density at radius 1 is 1.15 bits per heavy atom. The van der Waals surface area contributed by atoms with Gasteiger partial charge < -0.3 is 14.7 Å². The molecule has 0 aliphatic carbocycles. The van der Waals surface area contributed by atoms with Crippen molar-refractivity contribution in [3.63, 3.8) is 0 Å². The van der Waals surface area contributed by atoms with Gasteiger partial charge in [0.15, 0.2) is 0 Å². The minimum Gasteiger partial charge on any atom is -0.510 e. The highest BCUT2D eigenvalue weighted by molar-refractivity contribution is 7.11. The number of amidine groups is 1. The van der Waals surface area contributed by atoms with E-state index in [-0.39, 0.29) is 18.1 Å². The average molecular weight is 377 g/mol. The Morgan fingerprint density at radius 2 is 1.89 bits per heavy atom. The van der Waals surface area contributed by atoms with Crippen molar-refractivity contribution in [1.29, 1.82) is 5.41 Å². The van der Waals surface area contributed by atoms with Crippen LogP contribution in [0.4, 0.5) is 5.69 Å². The number of aliphatic hydroxyl groups is 1. The fraction of sp³-hybridized carbons (Fsp3) is 0.143. The molecule has 0 amide bonds.